The largest absolute Gasteiger partial charge is 0.307 e. The number of halogens is 1. The van der Waals surface area contributed by atoms with Gasteiger partial charge in [0.15, 0.2) is 0 Å². The lowest BCUT2D eigenvalue weighted by atomic mass is 10.1. The van der Waals surface area contributed by atoms with E-state index in [2.05, 4.69) is 16.5 Å². The molecule has 2 aromatic rings. The molecule has 0 amide bonds. The monoisotopic (exact) mass is 295 g/mol. The predicted molar refractivity (Wildman–Crippen MR) is 82.9 cm³/mol. The molecule has 3 nitrogen and oxygen atoms in total. The lowest BCUT2D eigenvalue weighted by molar-refractivity contribution is 0.502. The summed E-state index contributed by atoms with van der Waals surface area (Å²) in [5.41, 5.74) is 2.15. The molecule has 0 bridgehead atoms. The van der Waals surface area contributed by atoms with Gasteiger partial charge in [0.25, 0.3) is 0 Å². The standard InChI is InChI=1S/C14H18ClN3S/c1-18-13-6-2-5-11(15)14(13)12(17-18)8-16-10-4-3-7-19-9-10/h2,5-6,10,16H,3-4,7-9H2,1H3. The second kappa shape index (κ2) is 5.73. The summed E-state index contributed by atoms with van der Waals surface area (Å²) in [6.07, 6.45) is 2.58. The number of nitrogens with zero attached hydrogens (tertiary/aromatic N) is 2. The van der Waals surface area contributed by atoms with E-state index in [1.54, 1.807) is 0 Å². The topological polar surface area (TPSA) is 29.9 Å². The quantitative estimate of drug-likeness (QED) is 0.943. The fourth-order valence-electron chi connectivity index (χ4n) is 2.62. The molecule has 1 saturated heterocycles. The van der Waals surface area contributed by atoms with E-state index < -0.39 is 0 Å². The summed E-state index contributed by atoms with van der Waals surface area (Å²) < 4.78 is 1.91. The summed E-state index contributed by atoms with van der Waals surface area (Å²) >= 11 is 8.35. The molecule has 5 heteroatoms. The van der Waals surface area contributed by atoms with Gasteiger partial charge in [-0.15, -0.1) is 0 Å². The van der Waals surface area contributed by atoms with Crippen LogP contribution in [0.4, 0.5) is 0 Å². The maximum atomic E-state index is 6.31. The fraction of sp³-hybridized carbons (Fsp3) is 0.500. The van der Waals surface area contributed by atoms with Gasteiger partial charge >= 0.3 is 0 Å². The van der Waals surface area contributed by atoms with E-state index >= 15 is 0 Å². The molecule has 1 aromatic heterocycles. The van der Waals surface area contributed by atoms with Crippen LogP contribution in [0.2, 0.25) is 5.02 Å². The third-order valence-electron chi connectivity index (χ3n) is 3.62. The van der Waals surface area contributed by atoms with Crippen molar-refractivity contribution in [2.75, 3.05) is 11.5 Å². The maximum Gasteiger partial charge on any atom is 0.0856 e. The number of rotatable bonds is 3. The van der Waals surface area contributed by atoms with Crippen molar-refractivity contribution in [1.29, 1.82) is 0 Å². The molecule has 1 aliphatic rings. The smallest absolute Gasteiger partial charge is 0.0856 e. The number of thioether (sulfide) groups is 1. The molecule has 0 spiro atoms. The van der Waals surface area contributed by atoms with E-state index in [-0.39, 0.29) is 0 Å². The molecule has 19 heavy (non-hydrogen) atoms. The Morgan fingerprint density at radius 3 is 3.21 bits per heavy atom. The molecule has 0 radical (unpaired) electrons. The summed E-state index contributed by atoms with van der Waals surface area (Å²) in [5, 5.41) is 10.1. The minimum absolute atomic E-state index is 0.610. The lowest BCUT2D eigenvalue weighted by Crippen LogP contribution is -2.33. The Hall–Kier alpha value is -0.710. The SMILES string of the molecule is Cn1nc(CNC2CCCSC2)c2c(Cl)cccc21. The van der Waals surface area contributed by atoms with E-state index in [9.17, 15) is 0 Å². The first-order valence-electron chi connectivity index (χ1n) is 6.67. The van der Waals surface area contributed by atoms with Crippen molar-refractivity contribution in [3.8, 4) is 0 Å². The van der Waals surface area contributed by atoms with Crippen LogP contribution in [0.5, 0.6) is 0 Å². The van der Waals surface area contributed by atoms with Crippen LogP contribution < -0.4 is 5.32 Å². The molecule has 1 unspecified atom stereocenters. The van der Waals surface area contributed by atoms with Crippen LogP contribution >= 0.6 is 23.4 Å². The molecular weight excluding hydrogens is 278 g/mol. The Bertz CT molecular complexity index is 575. The van der Waals surface area contributed by atoms with Gasteiger partial charge in [-0.3, -0.25) is 4.68 Å². The Kier molecular flexibility index (Phi) is 4.01. The van der Waals surface area contributed by atoms with Crippen LogP contribution in [0, 0.1) is 0 Å². The van der Waals surface area contributed by atoms with Crippen molar-refractivity contribution in [3.63, 3.8) is 0 Å². The Morgan fingerprint density at radius 1 is 1.53 bits per heavy atom. The summed E-state index contributed by atoms with van der Waals surface area (Å²) in [5.74, 6) is 2.51. The normalized spacial score (nSPS) is 20.0. The van der Waals surface area contributed by atoms with Gasteiger partial charge in [-0.1, -0.05) is 17.7 Å². The van der Waals surface area contributed by atoms with Crippen molar-refractivity contribution in [2.24, 2.45) is 7.05 Å². The van der Waals surface area contributed by atoms with Gasteiger partial charge < -0.3 is 5.32 Å². The number of nitrogens with one attached hydrogen (secondary N) is 1. The maximum absolute atomic E-state index is 6.31. The van der Waals surface area contributed by atoms with Crippen molar-refractivity contribution in [2.45, 2.75) is 25.4 Å². The average molecular weight is 296 g/mol. The molecule has 1 fully saturated rings. The summed E-state index contributed by atoms with van der Waals surface area (Å²) in [6, 6.07) is 6.58. The predicted octanol–water partition coefficient (Wildman–Crippen LogP) is 3.21. The zero-order chi connectivity index (χ0) is 13.2. The van der Waals surface area contributed by atoms with E-state index in [1.807, 2.05) is 35.6 Å². The first-order chi connectivity index (χ1) is 9.25. The molecule has 1 aromatic carbocycles. The third kappa shape index (κ3) is 2.76. The van der Waals surface area contributed by atoms with Crippen LogP contribution in [-0.2, 0) is 13.6 Å². The van der Waals surface area contributed by atoms with Gasteiger partial charge in [0.1, 0.15) is 0 Å². The molecule has 2 heterocycles. The summed E-state index contributed by atoms with van der Waals surface area (Å²) in [4.78, 5) is 0. The number of benzene rings is 1. The van der Waals surface area contributed by atoms with E-state index in [0.29, 0.717) is 6.04 Å². The molecule has 1 aliphatic heterocycles. The van der Waals surface area contributed by atoms with Crippen LogP contribution in [0.3, 0.4) is 0 Å². The van der Waals surface area contributed by atoms with Crippen molar-refractivity contribution < 1.29 is 0 Å². The Balaban J connectivity index is 1.80. The summed E-state index contributed by atoms with van der Waals surface area (Å²) in [7, 11) is 1.97. The minimum atomic E-state index is 0.610. The van der Waals surface area contributed by atoms with Crippen LogP contribution in [0.25, 0.3) is 10.9 Å². The van der Waals surface area contributed by atoms with E-state index in [1.165, 1.54) is 24.3 Å². The van der Waals surface area contributed by atoms with Crippen LogP contribution in [0.15, 0.2) is 18.2 Å². The lowest BCUT2D eigenvalue weighted by Gasteiger charge is -2.22. The molecule has 102 valence electrons. The zero-order valence-electron chi connectivity index (χ0n) is 11.0. The molecule has 0 saturated carbocycles. The van der Waals surface area contributed by atoms with Gasteiger partial charge in [0.05, 0.1) is 16.2 Å². The number of hydrogen-bond acceptors (Lipinski definition) is 3. The van der Waals surface area contributed by atoms with Gasteiger partial charge in [-0.2, -0.15) is 16.9 Å². The van der Waals surface area contributed by atoms with Crippen molar-refractivity contribution in [1.82, 2.24) is 15.1 Å². The first kappa shape index (κ1) is 13.3. The van der Waals surface area contributed by atoms with Crippen LogP contribution in [-0.4, -0.2) is 27.3 Å². The summed E-state index contributed by atoms with van der Waals surface area (Å²) in [6.45, 7) is 0.798. The molecule has 3 rings (SSSR count). The highest BCUT2D eigenvalue weighted by Gasteiger charge is 2.16. The van der Waals surface area contributed by atoms with Gasteiger partial charge in [-0.25, -0.2) is 0 Å². The van der Waals surface area contributed by atoms with Gasteiger partial charge in [-0.05, 0) is 30.7 Å². The number of aryl methyl sites for hydroxylation is 1. The molecular formula is C14H18ClN3S. The second-order valence-corrected chi connectivity index (χ2v) is 6.56. The second-order valence-electron chi connectivity index (χ2n) is 5.00. The third-order valence-corrected chi connectivity index (χ3v) is 5.15. The zero-order valence-corrected chi connectivity index (χ0v) is 12.6. The molecule has 1 atom stereocenters. The average Bonchev–Trinajstić information content (AvgIpc) is 2.76. The first-order valence-corrected chi connectivity index (χ1v) is 8.20. The van der Waals surface area contributed by atoms with E-state index in [4.69, 9.17) is 11.6 Å². The highest BCUT2D eigenvalue weighted by molar-refractivity contribution is 7.99. The van der Waals surface area contributed by atoms with Crippen LogP contribution in [0.1, 0.15) is 18.5 Å². The van der Waals surface area contributed by atoms with Crippen molar-refractivity contribution >= 4 is 34.3 Å². The number of aromatic nitrogens is 2. The van der Waals surface area contributed by atoms with E-state index in [0.717, 1.165) is 28.2 Å². The fourth-order valence-corrected chi connectivity index (χ4v) is 4.00. The highest BCUT2D eigenvalue weighted by Crippen LogP contribution is 2.26. The highest BCUT2D eigenvalue weighted by atomic mass is 35.5. The van der Waals surface area contributed by atoms with Gasteiger partial charge in [0.2, 0.25) is 0 Å². The molecule has 1 N–H and O–H groups in total. The Morgan fingerprint density at radius 2 is 2.42 bits per heavy atom. The number of fused-ring (bicyclic) bond motifs is 1. The molecule has 0 aliphatic carbocycles. The van der Waals surface area contributed by atoms with Crippen molar-refractivity contribution in [3.05, 3.63) is 28.9 Å². The minimum Gasteiger partial charge on any atom is -0.307 e. The Labute approximate surface area is 122 Å². The number of hydrogen-bond donors (Lipinski definition) is 1. The van der Waals surface area contributed by atoms with Gasteiger partial charge in [0, 0.05) is 30.8 Å².